The molecule has 7 heteroatoms. The highest BCUT2D eigenvalue weighted by Crippen LogP contribution is 2.33. The summed E-state index contributed by atoms with van der Waals surface area (Å²) >= 11 is 0. The Kier molecular flexibility index (Phi) is 6.20. The lowest BCUT2D eigenvalue weighted by atomic mass is 10.0. The van der Waals surface area contributed by atoms with Crippen LogP contribution in [0.1, 0.15) is 24.8 Å². The summed E-state index contributed by atoms with van der Waals surface area (Å²) in [5.74, 6) is 1.76. The van der Waals surface area contributed by atoms with Gasteiger partial charge in [0, 0.05) is 64.2 Å². The summed E-state index contributed by atoms with van der Waals surface area (Å²) < 4.78 is 13.0. The second kappa shape index (κ2) is 9.37. The summed E-state index contributed by atoms with van der Waals surface area (Å²) in [6.07, 6.45) is 7.77. The van der Waals surface area contributed by atoms with E-state index in [-0.39, 0.29) is 0 Å². The van der Waals surface area contributed by atoms with Crippen molar-refractivity contribution in [1.82, 2.24) is 24.5 Å². The van der Waals surface area contributed by atoms with Gasteiger partial charge in [0.05, 0.1) is 0 Å². The molecule has 2 fully saturated rings. The molecule has 1 aromatic heterocycles. The van der Waals surface area contributed by atoms with Crippen LogP contribution >= 0.6 is 0 Å². The summed E-state index contributed by atoms with van der Waals surface area (Å²) in [5.41, 5.74) is 1.31. The Morgan fingerprint density at radius 2 is 1.87 bits per heavy atom. The standard InChI is InChI=1S/C23H33N5O2/c1-4-21(18-25(8-1)9-3-11-28-10-2-7-24-28)27-14-12-26(13-15-27)17-20-5-6-22-23(16-20)30-19-29-22/h2,5-7,10,16,21H,1,3-4,8-9,11-15,17-19H2/t21-/m0/s1. The predicted octanol–water partition coefficient (Wildman–Crippen LogP) is 2.28. The van der Waals surface area contributed by atoms with Gasteiger partial charge in [-0.15, -0.1) is 0 Å². The minimum atomic E-state index is 0.346. The van der Waals surface area contributed by atoms with Gasteiger partial charge < -0.3 is 14.4 Å². The van der Waals surface area contributed by atoms with Crippen LogP contribution in [0.4, 0.5) is 0 Å². The summed E-state index contributed by atoms with van der Waals surface area (Å²) in [6, 6.07) is 9.07. The van der Waals surface area contributed by atoms with Crippen LogP contribution in [0.5, 0.6) is 11.5 Å². The maximum atomic E-state index is 5.53. The number of fused-ring (bicyclic) bond motifs is 1. The van der Waals surface area contributed by atoms with E-state index < -0.39 is 0 Å². The van der Waals surface area contributed by atoms with Crippen molar-refractivity contribution < 1.29 is 9.47 Å². The van der Waals surface area contributed by atoms with Crippen molar-refractivity contribution in [2.75, 3.05) is 52.6 Å². The number of likely N-dealkylation sites (tertiary alicyclic amines) is 1. The van der Waals surface area contributed by atoms with Crippen molar-refractivity contribution in [3.8, 4) is 11.5 Å². The first kappa shape index (κ1) is 19.8. The third-order valence-electron chi connectivity index (χ3n) is 6.67. The first-order valence-corrected chi connectivity index (χ1v) is 11.4. The van der Waals surface area contributed by atoms with Crippen molar-refractivity contribution in [3.63, 3.8) is 0 Å². The second-order valence-corrected chi connectivity index (χ2v) is 8.72. The van der Waals surface area contributed by atoms with Gasteiger partial charge in [0.15, 0.2) is 11.5 Å². The van der Waals surface area contributed by atoms with Crippen molar-refractivity contribution in [3.05, 3.63) is 42.2 Å². The van der Waals surface area contributed by atoms with Gasteiger partial charge in [0.1, 0.15) is 0 Å². The third-order valence-corrected chi connectivity index (χ3v) is 6.67. The van der Waals surface area contributed by atoms with Gasteiger partial charge in [-0.25, -0.2) is 0 Å². The highest BCUT2D eigenvalue weighted by atomic mass is 16.7. The molecule has 3 aliphatic heterocycles. The minimum absolute atomic E-state index is 0.346. The average Bonchev–Trinajstić information content (AvgIpc) is 3.46. The Morgan fingerprint density at radius 3 is 2.73 bits per heavy atom. The van der Waals surface area contributed by atoms with Crippen molar-refractivity contribution in [2.45, 2.75) is 38.4 Å². The van der Waals surface area contributed by atoms with Gasteiger partial charge in [-0.2, -0.15) is 5.10 Å². The number of hydrogen-bond donors (Lipinski definition) is 0. The monoisotopic (exact) mass is 411 g/mol. The Morgan fingerprint density at radius 1 is 0.967 bits per heavy atom. The number of nitrogens with zero attached hydrogens (tertiary/aromatic N) is 5. The normalized spacial score (nSPS) is 23.1. The van der Waals surface area contributed by atoms with E-state index in [1.807, 2.05) is 23.0 Å². The largest absolute Gasteiger partial charge is 0.454 e. The van der Waals surface area contributed by atoms with Gasteiger partial charge in [-0.05, 0) is 56.1 Å². The Bertz CT molecular complexity index is 804. The van der Waals surface area contributed by atoms with Gasteiger partial charge in [0.25, 0.3) is 0 Å². The van der Waals surface area contributed by atoms with Crippen LogP contribution in [-0.4, -0.2) is 83.1 Å². The van der Waals surface area contributed by atoms with Crippen LogP contribution < -0.4 is 9.47 Å². The predicted molar refractivity (Wildman–Crippen MR) is 116 cm³/mol. The molecule has 5 rings (SSSR count). The first-order valence-electron chi connectivity index (χ1n) is 11.4. The van der Waals surface area contributed by atoms with E-state index in [0.717, 1.165) is 43.7 Å². The average molecular weight is 412 g/mol. The van der Waals surface area contributed by atoms with E-state index in [2.05, 4.69) is 38.1 Å². The molecule has 7 nitrogen and oxygen atoms in total. The number of hydrogen-bond acceptors (Lipinski definition) is 6. The molecule has 0 bridgehead atoms. The molecule has 0 amide bonds. The maximum Gasteiger partial charge on any atom is 0.231 e. The number of piperazine rings is 1. The number of aryl methyl sites for hydroxylation is 1. The molecule has 2 saturated heterocycles. The molecule has 0 aliphatic carbocycles. The summed E-state index contributed by atoms with van der Waals surface area (Å²) in [5, 5.41) is 4.31. The molecule has 30 heavy (non-hydrogen) atoms. The van der Waals surface area contributed by atoms with Gasteiger partial charge in [0.2, 0.25) is 6.79 Å². The van der Waals surface area contributed by atoms with Crippen molar-refractivity contribution in [1.29, 1.82) is 0 Å². The van der Waals surface area contributed by atoms with E-state index in [0.29, 0.717) is 6.79 Å². The van der Waals surface area contributed by atoms with Crippen LogP contribution in [0.2, 0.25) is 0 Å². The van der Waals surface area contributed by atoms with Crippen LogP contribution in [0.3, 0.4) is 0 Å². The Labute approximate surface area is 179 Å². The lowest BCUT2D eigenvalue weighted by Gasteiger charge is -2.43. The van der Waals surface area contributed by atoms with E-state index in [9.17, 15) is 0 Å². The zero-order chi connectivity index (χ0) is 20.2. The van der Waals surface area contributed by atoms with Gasteiger partial charge >= 0.3 is 0 Å². The lowest BCUT2D eigenvalue weighted by molar-refractivity contribution is 0.0492. The summed E-state index contributed by atoms with van der Waals surface area (Å²) in [7, 11) is 0. The van der Waals surface area contributed by atoms with E-state index in [1.54, 1.807) is 0 Å². The maximum absolute atomic E-state index is 5.53. The Balaban J connectivity index is 1.06. The summed E-state index contributed by atoms with van der Waals surface area (Å²) in [6.45, 7) is 10.7. The zero-order valence-corrected chi connectivity index (χ0v) is 17.8. The van der Waals surface area contributed by atoms with Gasteiger partial charge in [-0.3, -0.25) is 14.5 Å². The lowest BCUT2D eigenvalue weighted by Crippen LogP contribution is -2.54. The van der Waals surface area contributed by atoms with Crippen LogP contribution in [0, 0.1) is 0 Å². The van der Waals surface area contributed by atoms with E-state index in [4.69, 9.17) is 9.47 Å². The molecular formula is C23H33N5O2. The van der Waals surface area contributed by atoms with Crippen LogP contribution in [0.15, 0.2) is 36.7 Å². The van der Waals surface area contributed by atoms with E-state index in [1.165, 1.54) is 57.5 Å². The molecule has 0 unspecified atom stereocenters. The number of benzene rings is 1. The van der Waals surface area contributed by atoms with Gasteiger partial charge in [-0.1, -0.05) is 6.07 Å². The number of ether oxygens (including phenoxy) is 2. The highest BCUT2D eigenvalue weighted by molar-refractivity contribution is 5.44. The molecule has 0 radical (unpaired) electrons. The number of rotatable bonds is 7. The molecule has 4 heterocycles. The topological polar surface area (TPSA) is 46.0 Å². The number of aromatic nitrogens is 2. The highest BCUT2D eigenvalue weighted by Gasteiger charge is 2.28. The van der Waals surface area contributed by atoms with Crippen molar-refractivity contribution in [2.24, 2.45) is 0 Å². The molecule has 2 aromatic rings. The quantitative estimate of drug-likeness (QED) is 0.697. The Hall–Kier alpha value is -2.09. The first-order chi connectivity index (χ1) is 14.8. The molecule has 1 aromatic carbocycles. The second-order valence-electron chi connectivity index (χ2n) is 8.72. The zero-order valence-electron chi connectivity index (χ0n) is 17.8. The molecule has 0 spiro atoms. The fourth-order valence-electron chi connectivity index (χ4n) is 5.01. The number of piperidine rings is 1. The molecule has 162 valence electrons. The molecule has 3 aliphatic rings. The molecule has 1 atom stereocenters. The third kappa shape index (κ3) is 4.79. The van der Waals surface area contributed by atoms with E-state index >= 15 is 0 Å². The fourth-order valence-corrected chi connectivity index (χ4v) is 5.01. The van der Waals surface area contributed by atoms with Crippen LogP contribution in [-0.2, 0) is 13.1 Å². The molecular weight excluding hydrogens is 378 g/mol. The minimum Gasteiger partial charge on any atom is -0.454 e. The fraction of sp³-hybridized carbons (Fsp3) is 0.609. The molecule has 0 N–H and O–H groups in total. The molecule has 0 saturated carbocycles. The smallest absolute Gasteiger partial charge is 0.231 e. The SMILES string of the molecule is c1cnn(CCCN2CCC[C@H](N3CCN(Cc4ccc5c(c4)OCO5)CC3)C2)c1. The van der Waals surface area contributed by atoms with Crippen molar-refractivity contribution >= 4 is 0 Å². The van der Waals surface area contributed by atoms with Crippen LogP contribution in [0.25, 0.3) is 0 Å². The summed E-state index contributed by atoms with van der Waals surface area (Å²) in [4.78, 5) is 7.96.